The van der Waals surface area contributed by atoms with Crippen LogP contribution in [0.4, 0.5) is 0 Å². The second-order valence-electron chi connectivity index (χ2n) is 4.60. The van der Waals surface area contributed by atoms with Gasteiger partial charge < -0.3 is 9.47 Å². The molecule has 5 heteroatoms. The molecule has 0 aliphatic heterocycles. The number of halogens is 1. The standard InChI is InChI=1S/C15H20ClNO2S/c1-18-9-7-17(8-10-19-2)11-14-15(16)12-5-3-4-6-13(12)20-14/h3-6H,7-11H2,1-2H3. The summed E-state index contributed by atoms with van der Waals surface area (Å²) >= 11 is 8.25. The van der Waals surface area contributed by atoms with Gasteiger partial charge in [-0.2, -0.15) is 0 Å². The van der Waals surface area contributed by atoms with Gasteiger partial charge in [-0.05, 0) is 6.07 Å². The van der Waals surface area contributed by atoms with Crippen molar-refractivity contribution in [2.24, 2.45) is 0 Å². The van der Waals surface area contributed by atoms with Crippen LogP contribution in [0.25, 0.3) is 10.1 Å². The molecular weight excluding hydrogens is 294 g/mol. The van der Waals surface area contributed by atoms with Crippen LogP contribution in [0.3, 0.4) is 0 Å². The van der Waals surface area contributed by atoms with Crippen molar-refractivity contribution >= 4 is 33.0 Å². The Kier molecular flexibility index (Phi) is 6.26. The zero-order valence-electron chi connectivity index (χ0n) is 11.9. The summed E-state index contributed by atoms with van der Waals surface area (Å²) in [6.07, 6.45) is 0. The lowest BCUT2D eigenvalue weighted by Gasteiger charge is -2.20. The van der Waals surface area contributed by atoms with Crippen LogP contribution in [-0.4, -0.2) is 45.4 Å². The molecule has 0 saturated heterocycles. The second kappa shape index (κ2) is 7.96. The molecule has 0 atom stereocenters. The number of hydrogen-bond donors (Lipinski definition) is 0. The number of rotatable bonds is 8. The Bertz CT molecular complexity index is 536. The Morgan fingerprint density at radius 3 is 2.35 bits per heavy atom. The highest BCUT2D eigenvalue weighted by atomic mass is 35.5. The van der Waals surface area contributed by atoms with Crippen LogP contribution >= 0.6 is 22.9 Å². The predicted molar refractivity (Wildman–Crippen MR) is 85.9 cm³/mol. The van der Waals surface area contributed by atoms with Crippen LogP contribution in [0.15, 0.2) is 24.3 Å². The summed E-state index contributed by atoms with van der Waals surface area (Å²) < 4.78 is 11.6. The van der Waals surface area contributed by atoms with Gasteiger partial charge in [0.05, 0.1) is 18.2 Å². The molecule has 110 valence electrons. The van der Waals surface area contributed by atoms with E-state index in [4.69, 9.17) is 21.1 Å². The highest BCUT2D eigenvalue weighted by Gasteiger charge is 2.13. The van der Waals surface area contributed by atoms with E-state index >= 15 is 0 Å². The van der Waals surface area contributed by atoms with Crippen molar-refractivity contribution in [2.45, 2.75) is 6.54 Å². The number of benzene rings is 1. The van der Waals surface area contributed by atoms with E-state index in [1.807, 2.05) is 12.1 Å². The molecule has 1 aromatic heterocycles. The van der Waals surface area contributed by atoms with Gasteiger partial charge in [-0.15, -0.1) is 11.3 Å². The number of ether oxygens (including phenoxy) is 2. The van der Waals surface area contributed by atoms with Gasteiger partial charge in [0.15, 0.2) is 0 Å². The highest BCUT2D eigenvalue weighted by Crippen LogP contribution is 2.35. The van der Waals surface area contributed by atoms with Crippen LogP contribution in [0.1, 0.15) is 4.88 Å². The fraction of sp³-hybridized carbons (Fsp3) is 0.467. The minimum atomic E-state index is 0.715. The van der Waals surface area contributed by atoms with Gasteiger partial charge in [-0.3, -0.25) is 4.90 Å². The summed E-state index contributed by atoms with van der Waals surface area (Å²) in [5.74, 6) is 0. The zero-order chi connectivity index (χ0) is 14.4. The summed E-state index contributed by atoms with van der Waals surface area (Å²) in [6.45, 7) is 4.03. The summed E-state index contributed by atoms with van der Waals surface area (Å²) in [6, 6.07) is 8.27. The topological polar surface area (TPSA) is 21.7 Å². The number of fused-ring (bicyclic) bond motifs is 1. The Morgan fingerprint density at radius 2 is 1.75 bits per heavy atom. The average Bonchev–Trinajstić information content (AvgIpc) is 2.79. The molecule has 2 aromatic rings. The van der Waals surface area contributed by atoms with E-state index in [1.54, 1.807) is 25.6 Å². The quantitative estimate of drug-likeness (QED) is 0.742. The van der Waals surface area contributed by atoms with E-state index in [0.29, 0.717) is 13.2 Å². The minimum Gasteiger partial charge on any atom is -0.383 e. The van der Waals surface area contributed by atoms with Crippen molar-refractivity contribution in [1.82, 2.24) is 4.90 Å². The highest BCUT2D eigenvalue weighted by molar-refractivity contribution is 7.19. The third kappa shape index (κ3) is 3.93. The molecule has 0 fully saturated rings. The number of nitrogens with zero attached hydrogens (tertiary/aromatic N) is 1. The van der Waals surface area contributed by atoms with Gasteiger partial charge in [0, 0.05) is 48.8 Å². The molecular formula is C15H20ClNO2S. The van der Waals surface area contributed by atoms with Crippen molar-refractivity contribution in [3.63, 3.8) is 0 Å². The molecule has 1 aromatic carbocycles. The summed E-state index contributed by atoms with van der Waals surface area (Å²) in [4.78, 5) is 3.52. The maximum atomic E-state index is 6.49. The largest absolute Gasteiger partial charge is 0.383 e. The summed E-state index contributed by atoms with van der Waals surface area (Å²) in [7, 11) is 3.45. The van der Waals surface area contributed by atoms with Gasteiger partial charge >= 0.3 is 0 Å². The monoisotopic (exact) mass is 313 g/mol. The number of hydrogen-bond acceptors (Lipinski definition) is 4. The first-order valence-corrected chi connectivity index (χ1v) is 7.82. The molecule has 0 radical (unpaired) electrons. The van der Waals surface area contributed by atoms with Crippen LogP contribution in [-0.2, 0) is 16.0 Å². The van der Waals surface area contributed by atoms with Gasteiger partial charge in [0.1, 0.15) is 0 Å². The van der Waals surface area contributed by atoms with E-state index in [1.165, 1.54) is 9.58 Å². The zero-order valence-corrected chi connectivity index (χ0v) is 13.5. The Balaban J connectivity index is 2.12. The van der Waals surface area contributed by atoms with E-state index in [2.05, 4.69) is 17.0 Å². The van der Waals surface area contributed by atoms with Crippen LogP contribution in [0, 0.1) is 0 Å². The molecule has 1 heterocycles. The predicted octanol–water partition coefficient (Wildman–Crippen LogP) is 3.65. The molecule has 2 rings (SSSR count). The fourth-order valence-corrected chi connectivity index (χ4v) is 3.62. The molecule has 0 aliphatic carbocycles. The van der Waals surface area contributed by atoms with E-state index in [0.717, 1.165) is 30.0 Å². The number of methoxy groups -OCH3 is 2. The van der Waals surface area contributed by atoms with E-state index < -0.39 is 0 Å². The summed E-state index contributed by atoms with van der Waals surface area (Å²) in [5.41, 5.74) is 0. The Hall–Kier alpha value is -0.650. The molecule has 0 aliphatic rings. The third-order valence-corrected chi connectivity index (χ3v) is 4.89. The Morgan fingerprint density at radius 1 is 1.10 bits per heavy atom. The molecule has 0 N–H and O–H groups in total. The van der Waals surface area contributed by atoms with Crippen molar-refractivity contribution in [3.05, 3.63) is 34.2 Å². The smallest absolute Gasteiger partial charge is 0.0637 e. The lowest BCUT2D eigenvalue weighted by Crippen LogP contribution is -2.30. The summed E-state index contributed by atoms with van der Waals surface area (Å²) in [5, 5.41) is 2.03. The first-order chi connectivity index (χ1) is 9.76. The Labute approximate surface area is 129 Å². The van der Waals surface area contributed by atoms with Crippen LogP contribution < -0.4 is 0 Å². The first kappa shape index (κ1) is 15.7. The first-order valence-electron chi connectivity index (χ1n) is 6.62. The van der Waals surface area contributed by atoms with Crippen molar-refractivity contribution in [1.29, 1.82) is 0 Å². The lowest BCUT2D eigenvalue weighted by atomic mass is 10.2. The van der Waals surface area contributed by atoms with Gasteiger partial charge in [-0.25, -0.2) is 0 Å². The maximum absolute atomic E-state index is 6.49. The van der Waals surface area contributed by atoms with Crippen molar-refractivity contribution in [3.8, 4) is 0 Å². The maximum Gasteiger partial charge on any atom is 0.0637 e. The molecule has 0 amide bonds. The van der Waals surface area contributed by atoms with E-state index in [9.17, 15) is 0 Å². The minimum absolute atomic E-state index is 0.715. The second-order valence-corrected chi connectivity index (χ2v) is 6.11. The van der Waals surface area contributed by atoms with Gasteiger partial charge in [-0.1, -0.05) is 29.8 Å². The van der Waals surface area contributed by atoms with E-state index in [-0.39, 0.29) is 0 Å². The molecule has 3 nitrogen and oxygen atoms in total. The molecule has 20 heavy (non-hydrogen) atoms. The molecule has 0 unspecified atom stereocenters. The average molecular weight is 314 g/mol. The molecule has 0 saturated carbocycles. The molecule has 0 spiro atoms. The van der Waals surface area contributed by atoms with Crippen LogP contribution in [0.2, 0.25) is 5.02 Å². The molecule has 0 bridgehead atoms. The third-order valence-electron chi connectivity index (χ3n) is 3.19. The fourth-order valence-electron chi connectivity index (χ4n) is 2.08. The number of thiophene rings is 1. The SMILES string of the molecule is COCCN(CCOC)Cc1sc2ccccc2c1Cl. The van der Waals surface area contributed by atoms with Crippen LogP contribution in [0.5, 0.6) is 0 Å². The lowest BCUT2D eigenvalue weighted by molar-refractivity contribution is 0.111. The normalized spacial score (nSPS) is 11.6. The van der Waals surface area contributed by atoms with Gasteiger partial charge in [0.25, 0.3) is 0 Å². The van der Waals surface area contributed by atoms with Gasteiger partial charge in [0.2, 0.25) is 0 Å². The van der Waals surface area contributed by atoms with Crippen molar-refractivity contribution < 1.29 is 9.47 Å². The van der Waals surface area contributed by atoms with Crippen molar-refractivity contribution in [2.75, 3.05) is 40.5 Å².